The number of hydrogen-bond acceptors (Lipinski definition) is 1. The molecule has 3 heteroatoms. The van der Waals surface area contributed by atoms with Gasteiger partial charge in [0.2, 0.25) is 5.91 Å². The van der Waals surface area contributed by atoms with Gasteiger partial charge in [0.25, 0.3) is 0 Å². The minimum Gasteiger partial charge on any atom is -0.361 e. The Morgan fingerprint density at radius 2 is 2.04 bits per heavy atom. The molecular formula is C24H32N2O. The van der Waals surface area contributed by atoms with E-state index in [1.807, 2.05) is 0 Å². The molecule has 1 amide bonds. The van der Waals surface area contributed by atoms with Crippen LogP contribution in [0.5, 0.6) is 0 Å². The van der Waals surface area contributed by atoms with Crippen LogP contribution in [0.15, 0.2) is 41.6 Å². The molecule has 0 saturated heterocycles. The number of hydrogen-bond donors (Lipinski definition) is 1. The number of carbonyl (C=O) groups excluding carboxylic acids is 1. The minimum absolute atomic E-state index is 0.257. The number of fused-ring (bicyclic) bond motifs is 2. The molecule has 1 saturated carbocycles. The van der Waals surface area contributed by atoms with Crippen molar-refractivity contribution in [2.75, 3.05) is 6.54 Å². The fourth-order valence-corrected chi connectivity index (χ4v) is 5.15. The second-order valence-electron chi connectivity index (χ2n) is 8.75. The van der Waals surface area contributed by atoms with Crippen molar-refractivity contribution >= 4 is 16.8 Å². The van der Waals surface area contributed by atoms with E-state index in [0.717, 1.165) is 24.9 Å². The van der Waals surface area contributed by atoms with Gasteiger partial charge in [0.15, 0.2) is 0 Å². The first-order chi connectivity index (χ1) is 13.1. The van der Waals surface area contributed by atoms with Crippen molar-refractivity contribution < 1.29 is 4.79 Å². The van der Waals surface area contributed by atoms with Crippen molar-refractivity contribution in [2.45, 2.75) is 71.3 Å². The zero-order chi connectivity index (χ0) is 19.0. The first kappa shape index (κ1) is 18.3. The van der Waals surface area contributed by atoms with Gasteiger partial charge in [0, 0.05) is 30.1 Å². The molecule has 1 fully saturated rings. The zero-order valence-electron chi connectivity index (χ0n) is 16.9. The summed E-state index contributed by atoms with van der Waals surface area (Å²) in [5, 5.41) is 1.26. The molecule has 2 aliphatic rings. The van der Waals surface area contributed by atoms with Crippen LogP contribution in [0.1, 0.15) is 70.8 Å². The van der Waals surface area contributed by atoms with Gasteiger partial charge < -0.3 is 9.88 Å². The molecule has 1 aromatic heterocycles. The summed E-state index contributed by atoms with van der Waals surface area (Å²) < 4.78 is 0. The Bertz CT molecular complexity index is 860. The normalized spacial score (nSPS) is 21.6. The van der Waals surface area contributed by atoms with E-state index < -0.39 is 0 Å². The van der Waals surface area contributed by atoms with E-state index in [1.54, 1.807) is 11.1 Å². The van der Waals surface area contributed by atoms with Crippen LogP contribution in [-0.4, -0.2) is 28.4 Å². The molecule has 2 heterocycles. The van der Waals surface area contributed by atoms with Gasteiger partial charge in [-0.15, -0.1) is 0 Å². The zero-order valence-corrected chi connectivity index (χ0v) is 16.9. The number of rotatable bonds is 4. The number of aromatic nitrogens is 1. The Labute approximate surface area is 162 Å². The largest absolute Gasteiger partial charge is 0.361 e. The predicted molar refractivity (Wildman–Crippen MR) is 112 cm³/mol. The maximum atomic E-state index is 13.4. The van der Waals surface area contributed by atoms with E-state index in [0.29, 0.717) is 24.3 Å². The quantitative estimate of drug-likeness (QED) is 0.685. The molecule has 1 aromatic carbocycles. The number of nitrogens with zero attached hydrogens (tertiary/aromatic N) is 1. The van der Waals surface area contributed by atoms with Crippen LogP contribution in [0.4, 0.5) is 0 Å². The highest BCUT2D eigenvalue weighted by Crippen LogP contribution is 2.38. The van der Waals surface area contributed by atoms with Gasteiger partial charge in [0.05, 0.1) is 6.04 Å². The summed E-state index contributed by atoms with van der Waals surface area (Å²) in [5.41, 5.74) is 5.56. The lowest BCUT2D eigenvalue weighted by Gasteiger charge is -2.42. The Hall–Kier alpha value is -2.03. The van der Waals surface area contributed by atoms with E-state index in [-0.39, 0.29) is 5.92 Å². The number of nitrogens with one attached hydrogen (secondary N) is 1. The molecule has 0 radical (unpaired) electrons. The maximum Gasteiger partial charge on any atom is 0.223 e. The highest BCUT2D eigenvalue weighted by Gasteiger charge is 2.34. The van der Waals surface area contributed by atoms with Gasteiger partial charge >= 0.3 is 0 Å². The van der Waals surface area contributed by atoms with Crippen molar-refractivity contribution in [3.63, 3.8) is 0 Å². The van der Waals surface area contributed by atoms with Crippen LogP contribution >= 0.6 is 0 Å². The van der Waals surface area contributed by atoms with E-state index in [2.05, 4.69) is 61.1 Å². The highest BCUT2D eigenvalue weighted by molar-refractivity contribution is 5.85. The number of para-hydroxylation sites is 1. The lowest BCUT2D eigenvalue weighted by atomic mass is 9.81. The third kappa shape index (κ3) is 3.44. The lowest BCUT2D eigenvalue weighted by molar-refractivity contribution is -0.134. The molecule has 1 aliphatic heterocycles. The second kappa shape index (κ2) is 7.53. The summed E-state index contributed by atoms with van der Waals surface area (Å²) in [6, 6.07) is 8.81. The van der Waals surface area contributed by atoms with Gasteiger partial charge in [-0.2, -0.15) is 0 Å². The van der Waals surface area contributed by atoms with E-state index >= 15 is 0 Å². The lowest BCUT2D eigenvalue weighted by Crippen LogP contribution is -2.46. The second-order valence-corrected chi connectivity index (χ2v) is 8.75. The molecule has 3 nitrogen and oxygen atoms in total. The molecule has 0 spiro atoms. The standard InChI is InChI=1S/C24H32N2O/c1-16(2)20(21-15-25-22-10-6-4-9-19(21)22)14-24(27)26-13-12-17(3)18-8-5-7-11-23(18)26/h4,6,9-10,15-16,20,23,25H,5,7-8,11-14H2,1-3H3. The summed E-state index contributed by atoms with van der Waals surface area (Å²) in [6.07, 6.45) is 8.67. The smallest absolute Gasteiger partial charge is 0.223 e. The molecule has 27 heavy (non-hydrogen) atoms. The van der Waals surface area contributed by atoms with Gasteiger partial charge in [-0.1, -0.05) is 44.0 Å². The molecule has 1 aliphatic carbocycles. The van der Waals surface area contributed by atoms with Gasteiger partial charge in [-0.25, -0.2) is 0 Å². The third-order valence-corrected chi connectivity index (χ3v) is 6.77. The summed E-state index contributed by atoms with van der Waals surface area (Å²) >= 11 is 0. The van der Waals surface area contributed by atoms with E-state index in [4.69, 9.17) is 0 Å². The molecule has 2 aromatic rings. The first-order valence-electron chi connectivity index (χ1n) is 10.6. The summed E-state index contributed by atoms with van der Waals surface area (Å²) in [7, 11) is 0. The molecule has 4 rings (SSSR count). The van der Waals surface area contributed by atoms with Crippen molar-refractivity contribution in [3.8, 4) is 0 Å². The molecule has 2 atom stereocenters. The Morgan fingerprint density at radius 3 is 2.85 bits per heavy atom. The summed E-state index contributed by atoms with van der Waals surface area (Å²) in [5.74, 6) is 1.03. The van der Waals surface area contributed by atoms with Gasteiger partial charge in [0.1, 0.15) is 0 Å². The SMILES string of the molecule is CC1=C2CCCCC2N(C(=O)CC(c2c[nH]c3ccccc23)C(C)C)CC1. The monoisotopic (exact) mass is 364 g/mol. The van der Waals surface area contributed by atoms with E-state index in [1.165, 1.54) is 30.2 Å². The number of benzene rings is 1. The topological polar surface area (TPSA) is 36.1 Å². The average Bonchev–Trinajstić information content (AvgIpc) is 3.10. The number of H-pyrrole nitrogens is 1. The van der Waals surface area contributed by atoms with Crippen LogP contribution < -0.4 is 0 Å². The number of aromatic amines is 1. The fraction of sp³-hybridized carbons (Fsp3) is 0.542. The van der Waals surface area contributed by atoms with Crippen molar-refractivity contribution in [1.82, 2.24) is 9.88 Å². The summed E-state index contributed by atoms with van der Waals surface area (Å²) in [4.78, 5) is 19.0. The van der Waals surface area contributed by atoms with Crippen LogP contribution in [-0.2, 0) is 4.79 Å². The van der Waals surface area contributed by atoms with Gasteiger partial charge in [-0.3, -0.25) is 4.79 Å². The fourth-order valence-electron chi connectivity index (χ4n) is 5.15. The highest BCUT2D eigenvalue weighted by atomic mass is 16.2. The summed E-state index contributed by atoms with van der Waals surface area (Å²) in [6.45, 7) is 7.66. The van der Waals surface area contributed by atoms with Crippen molar-refractivity contribution in [3.05, 3.63) is 47.2 Å². The van der Waals surface area contributed by atoms with Crippen LogP contribution in [0.25, 0.3) is 10.9 Å². The predicted octanol–water partition coefficient (Wildman–Crippen LogP) is 5.79. The Kier molecular flexibility index (Phi) is 5.12. The molecular weight excluding hydrogens is 332 g/mol. The van der Waals surface area contributed by atoms with Crippen LogP contribution in [0.3, 0.4) is 0 Å². The number of carbonyl (C=O) groups is 1. The Balaban J connectivity index is 1.58. The molecule has 0 bridgehead atoms. The Morgan fingerprint density at radius 1 is 1.22 bits per heavy atom. The van der Waals surface area contributed by atoms with Gasteiger partial charge in [-0.05, 0) is 61.6 Å². The minimum atomic E-state index is 0.257. The maximum absolute atomic E-state index is 13.4. The number of amides is 1. The molecule has 2 unspecified atom stereocenters. The van der Waals surface area contributed by atoms with Crippen LogP contribution in [0.2, 0.25) is 0 Å². The van der Waals surface area contributed by atoms with Crippen molar-refractivity contribution in [1.29, 1.82) is 0 Å². The first-order valence-corrected chi connectivity index (χ1v) is 10.6. The van der Waals surface area contributed by atoms with E-state index in [9.17, 15) is 4.79 Å². The average molecular weight is 365 g/mol. The van der Waals surface area contributed by atoms with Crippen LogP contribution in [0, 0.1) is 5.92 Å². The molecule has 1 N–H and O–H groups in total. The van der Waals surface area contributed by atoms with Crippen molar-refractivity contribution in [2.24, 2.45) is 5.92 Å². The molecule has 144 valence electrons. The third-order valence-electron chi connectivity index (χ3n) is 6.77.